The summed E-state index contributed by atoms with van der Waals surface area (Å²) in [5.41, 5.74) is 0.326. The van der Waals surface area contributed by atoms with Crippen LogP contribution in [0, 0.1) is 29.1 Å². The number of hydrogen-bond donors (Lipinski definition) is 0. The molecule has 0 N–H and O–H groups in total. The summed E-state index contributed by atoms with van der Waals surface area (Å²) >= 11 is 0. The first-order chi connectivity index (χ1) is 16.6. The molecule has 6 nitrogen and oxygen atoms in total. The number of nitrogens with zero attached hydrogens (tertiary/aromatic N) is 1. The third kappa shape index (κ3) is 7.99. The van der Waals surface area contributed by atoms with E-state index in [9.17, 15) is 10.1 Å². The Morgan fingerprint density at radius 3 is 2.41 bits per heavy atom. The van der Waals surface area contributed by atoms with Crippen LogP contribution in [0.2, 0.25) is 0 Å². The smallest absolute Gasteiger partial charge is 0.314 e. The van der Waals surface area contributed by atoms with Gasteiger partial charge in [-0.3, -0.25) is 4.79 Å². The highest BCUT2D eigenvalue weighted by atomic mass is 16.7. The summed E-state index contributed by atoms with van der Waals surface area (Å²) in [6.07, 6.45) is 11.3. The van der Waals surface area contributed by atoms with Crippen molar-refractivity contribution in [2.75, 3.05) is 19.8 Å². The summed E-state index contributed by atoms with van der Waals surface area (Å²) in [5.74, 6) is 1.37. The van der Waals surface area contributed by atoms with Gasteiger partial charge in [0.1, 0.15) is 17.6 Å². The van der Waals surface area contributed by atoms with E-state index in [0.717, 1.165) is 58.2 Å². The van der Waals surface area contributed by atoms with Crippen molar-refractivity contribution in [2.24, 2.45) is 17.8 Å². The Labute approximate surface area is 204 Å². The third-order valence-electron chi connectivity index (χ3n) is 7.00. The zero-order valence-electron chi connectivity index (χ0n) is 20.9. The van der Waals surface area contributed by atoms with E-state index in [2.05, 4.69) is 19.9 Å². The highest BCUT2D eigenvalue weighted by molar-refractivity contribution is 5.76. The maximum absolute atomic E-state index is 12.8. The monoisotopic (exact) mass is 471 g/mol. The van der Waals surface area contributed by atoms with Crippen LogP contribution >= 0.6 is 0 Å². The number of esters is 1. The second-order valence-corrected chi connectivity index (χ2v) is 9.76. The molecule has 6 heteroatoms. The van der Waals surface area contributed by atoms with Crippen LogP contribution in [0.25, 0.3) is 0 Å². The first-order valence-corrected chi connectivity index (χ1v) is 13.3. The molecule has 1 aliphatic carbocycles. The minimum Gasteiger partial charge on any atom is -0.494 e. The highest BCUT2D eigenvalue weighted by Gasteiger charge is 2.35. The molecule has 1 saturated carbocycles. The van der Waals surface area contributed by atoms with Crippen LogP contribution in [0.3, 0.4) is 0 Å². The van der Waals surface area contributed by atoms with E-state index in [1.165, 1.54) is 25.7 Å². The van der Waals surface area contributed by atoms with Gasteiger partial charge in [0.25, 0.3) is 0 Å². The number of hydrogen-bond acceptors (Lipinski definition) is 6. The lowest BCUT2D eigenvalue weighted by atomic mass is 9.81. The molecule has 2 aliphatic rings. The van der Waals surface area contributed by atoms with Gasteiger partial charge in [0.15, 0.2) is 6.29 Å². The molecule has 0 spiro atoms. The van der Waals surface area contributed by atoms with Crippen molar-refractivity contribution >= 4 is 5.97 Å². The van der Waals surface area contributed by atoms with E-state index in [0.29, 0.717) is 35.5 Å². The third-order valence-corrected chi connectivity index (χ3v) is 7.00. The van der Waals surface area contributed by atoms with Gasteiger partial charge in [-0.25, -0.2) is 0 Å². The molecule has 3 rings (SSSR count). The quantitative estimate of drug-likeness (QED) is 0.199. The van der Waals surface area contributed by atoms with E-state index in [4.69, 9.17) is 18.9 Å². The summed E-state index contributed by atoms with van der Waals surface area (Å²) in [6.45, 7) is 6.55. The largest absolute Gasteiger partial charge is 0.494 e. The number of unbranched alkanes of at least 4 members (excludes halogenated alkanes) is 4. The molecule has 1 saturated heterocycles. The van der Waals surface area contributed by atoms with Gasteiger partial charge in [0, 0.05) is 17.9 Å². The standard InChI is InChI=1S/C28H41NO5/c1-3-5-7-9-21-19-32-28(33-20-21)23-12-10-22(11-13-23)27(30)34-26-15-14-25(17-24(26)18-29)31-16-8-6-4-2/h14-15,17,21-23,28H,3-13,16,19-20H2,1-2H3. The summed E-state index contributed by atoms with van der Waals surface area (Å²) < 4.78 is 23.4. The average molecular weight is 472 g/mol. The van der Waals surface area contributed by atoms with Gasteiger partial charge in [0.2, 0.25) is 0 Å². The average Bonchev–Trinajstić information content (AvgIpc) is 2.88. The van der Waals surface area contributed by atoms with Crippen molar-refractivity contribution in [1.29, 1.82) is 5.26 Å². The van der Waals surface area contributed by atoms with Crippen molar-refractivity contribution in [2.45, 2.75) is 90.8 Å². The molecule has 1 aliphatic heterocycles. The molecule has 0 radical (unpaired) electrons. The molecule has 1 aromatic carbocycles. The van der Waals surface area contributed by atoms with Crippen molar-refractivity contribution < 1.29 is 23.7 Å². The molecular weight excluding hydrogens is 430 g/mol. The Morgan fingerprint density at radius 1 is 1.03 bits per heavy atom. The van der Waals surface area contributed by atoms with Crippen LogP contribution in [-0.2, 0) is 14.3 Å². The maximum Gasteiger partial charge on any atom is 0.314 e. The predicted octanol–water partition coefficient (Wildman–Crippen LogP) is 6.41. The number of ether oxygens (including phenoxy) is 4. The molecule has 2 fully saturated rings. The summed E-state index contributed by atoms with van der Waals surface area (Å²) in [4.78, 5) is 12.8. The molecule has 0 aromatic heterocycles. The Kier molecular flexibility index (Phi) is 11.2. The van der Waals surface area contributed by atoms with Gasteiger partial charge >= 0.3 is 5.97 Å². The molecule has 0 amide bonds. The Balaban J connectivity index is 1.42. The Morgan fingerprint density at radius 2 is 1.74 bits per heavy atom. The summed E-state index contributed by atoms with van der Waals surface area (Å²) in [5, 5.41) is 9.51. The zero-order chi connectivity index (χ0) is 24.2. The lowest BCUT2D eigenvalue weighted by Crippen LogP contribution is -2.39. The van der Waals surface area contributed by atoms with E-state index < -0.39 is 0 Å². The van der Waals surface area contributed by atoms with Crippen LogP contribution in [0.1, 0.15) is 90.0 Å². The van der Waals surface area contributed by atoms with E-state index in [1.54, 1.807) is 18.2 Å². The normalized spacial score (nSPS) is 24.9. The SMILES string of the molecule is CCCCCOc1ccc(OC(=O)C2CCC(C3OCC(CCCCC)CO3)CC2)c(C#N)c1. The fourth-order valence-electron chi connectivity index (χ4n) is 4.82. The van der Waals surface area contributed by atoms with Crippen molar-refractivity contribution in [3.63, 3.8) is 0 Å². The maximum atomic E-state index is 12.8. The minimum atomic E-state index is -0.256. The van der Waals surface area contributed by atoms with Gasteiger partial charge in [0.05, 0.1) is 31.3 Å². The first-order valence-electron chi connectivity index (χ1n) is 13.3. The Bertz CT molecular complexity index is 788. The fraction of sp³-hybridized carbons (Fsp3) is 0.714. The van der Waals surface area contributed by atoms with Crippen LogP contribution in [0.15, 0.2) is 18.2 Å². The van der Waals surface area contributed by atoms with Crippen molar-refractivity contribution in [1.82, 2.24) is 0 Å². The number of carbonyl (C=O) groups excluding carboxylic acids is 1. The molecule has 34 heavy (non-hydrogen) atoms. The van der Waals surface area contributed by atoms with Gasteiger partial charge in [-0.15, -0.1) is 0 Å². The summed E-state index contributed by atoms with van der Waals surface area (Å²) in [6, 6.07) is 7.20. The van der Waals surface area contributed by atoms with E-state index in [1.807, 2.05) is 0 Å². The van der Waals surface area contributed by atoms with Crippen LogP contribution < -0.4 is 9.47 Å². The molecule has 0 atom stereocenters. The molecule has 1 heterocycles. The molecule has 1 aromatic rings. The van der Waals surface area contributed by atoms with Crippen molar-refractivity contribution in [3.8, 4) is 17.6 Å². The number of benzene rings is 1. The van der Waals surface area contributed by atoms with Crippen LogP contribution in [0.5, 0.6) is 11.5 Å². The number of rotatable bonds is 12. The predicted molar refractivity (Wildman–Crippen MR) is 131 cm³/mol. The molecule has 188 valence electrons. The van der Waals surface area contributed by atoms with Gasteiger partial charge in [-0.1, -0.05) is 46.0 Å². The molecule has 0 unspecified atom stereocenters. The lowest BCUT2D eigenvalue weighted by Gasteiger charge is -2.37. The summed E-state index contributed by atoms with van der Waals surface area (Å²) in [7, 11) is 0. The highest BCUT2D eigenvalue weighted by Crippen LogP contribution is 2.35. The van der Waals surface area contributed by atoms with Crippen LogP contribution in [-0.4, -0.2) is 32.1 Å². The lowest BCUT2D eigenvalue weighted by molar-refractivity contribution is -0.230. The zero-order valence-corrected chi connectivity index (χ0v) is 20.9. The van der Waals surface area contributed by atoms with Crippen molar-refractivity contribution in [3.05, 3.63) is 23.8 Å². The second-order valence-electron chi connectivity index (χ2n) is 9.76. The number of carbonyl (C=O) groups is 1. The second kappa shape index (κ2) is 14.3. The molecule has 0 bridgehead atoms. The van der Waals surface area contributed by atoms with E-state index >= 15 is 0 Å². The van der Waals surface area contributed by atoms with Gasteiger partial charge in [-0.05, 0) is 50.7 Å². The minimum absolute atomic E-state index is 0.144. The Hall–Kier alpha value is -2.10. The van der Waals surface area contributed by atoms with Crippen LogP contribution in [0.4, 0.5) is 0 Å². The number of nitriles is 1. The first kappa shape index (κ1) is 26.5. The topological polar surface area (TPSA) is 77.8 Å². The molecular formula is C28H41NO5. The van der Waals surface area contributed by atoms with Gasteiger partial charge in [-0.2, -0.15) is 5.26 Å². The fourth-order valence-corrected chi connectivity index (χ4v) is 4.82. The van der Waals surface area contributed by atoms with E-state index in [-0.39, 0.29) is 18.2 Å². The van der Waals surface area contributed by atoms with Gasteiger partial charge < -0.3 is 18.9 Å².